The average molecular weight is 443 g/mol. The first kappa shape index (κ1) is 20.8. The van der Waals surface area contributed by atoms with Crippen LogP contribution in [0.1, 0.15) is 18.4 Å². The molecular weight excluding hydrogens is 420 g/mol. The van der Waals surface area contributed by atoms with E-state index in [4.69, 9.17) is 11.6 Å². The Morgan fingerprint density at radius 2 is 1.77 bits per heavy atom. The molecule has 1 heterocycles. The first-order chi connectivity index (χ1) is 14.4. The smallest absolute Gasteiger partial charge is 0.243 e. The van der Waals surface area contributed by atoms with Crippen molar-refractivity contribution in [3.63, 3.8) is 0 Å². The summed E-state index contributed by atoms with van der Waals surface area (Å²) in [6.07, 6.45) is 1.31. The molecule has 3 aromatic carbocycles. The summed E-state index contributed by atoms with van der Waals surface area (Å²) in [6.45, 7) is 0.930. The van der Waals surface area contributed by atoms with Crippen molar-refractivity contribution in [2.75, 3.05) is 13.1 Å². The monoisotopic (exact) mass is 442 g/mol. The Morgan fingerprint density at radius 3 is 2.57 bits per heavy atom. The Kier molecular flexibility index (Phi) is 6.09. The van der Waals surface area contributed by atoms with Gasteiger partial charge in [0.1, 0.15) is 0 Å². The van der Waals surface area contributed by atoms with E-state index in [2.05, 4.69) is 5.32 Å². The van der Waals surface area contributed by atoms with Crippen LogP contribution in [0.4, 0.5) is 0 Å². The fraction of sp³-hybridized carbons (Fsp3) is 0.261. The largest absolute Gasteiger partial charge is 0.352 e. The van der Waals surface area contributed by atoms with Crippen LogP contribution < -0.4 is 5.32 Å². The number of nitrogens with zero attached hydrogens (tertiary/aromatic N) is 1. The van der Waals surface area contributed by atoms with Gasteiger partial charge in [0.05, 0.1) is 10.8 Å². The maximum atomic E-state index is 13.2. The third-order valence-electron chi connectivity index (χ3n) is 5.52. The summed E-state index contributed by atoms with van der Waals surface area (Å²) in [5.74, 6) is -0.523. The van der Waals surface area contributed by atoms with E-state index in [1.807, 2.05) is 48.5 Å². The molecular formula is C23H23ClN2O3S. The lowest BCUT2D eigenvalue weighted by Crippen LogP contribution is -2.45. The first-order valence-electron chi connectivity index (χ1n) is 9.95. The van der Waals surface area contributed by atoms with Crippen LogP contribution in [0.3, 0.4) is 0 Å². The van der Waals surface area contributed by atoms with Crippen LogP contribution in [0, 0.1) is 5.92 Å². The van der Waals surface area contributed by atoms with Gasteiger partial charge in [-0.15, -0.1) is 0 Å². The van der Waals surface area contributed by atoms with Crippen molar-refractivity contribution in [2.45, 2.75) is 24.3 Å². The van der Waals surface area contributed by atoms with Crippen molar-refractivity contribution in [2.24, 2.45) is 5.92 Å². The summed E-state index contributed by atoms with van der Waals surface area (Å²) in [6, 6.07) is 20.2. The van der Waals surface area contributed by atoms with Crippen LogP contribution in [-0.4, -0.2) is 31.7 Å². The second-order valence-corrected chi connectivity index (χ2v) is 9.87. The Balaban J connectivity index is 1.47. The molecule has 0 unspecified atom stereocenters. The summed E-state index contributed by atoms with van der Waals surface area (Å²) in [5, 5.41) is 5.37. The van der Waals surface area contributed by atoms with E-state index >= 15 is 0 Å². The lowest BCUT2D eigenvalue weighted by atomic mass is 9.99. The SMILES string of the molecule is O=C(NCc1ccccc1Cl)[C@H]1CCCN(S(=O)(=O)c2ccc3ccccc3c2)C1. The number of benzene rings is 3. The molecule has 1 aliphatic rings. The van der Waals surface area contributed by atoms with E-state index in [-0.39, 0.29) is 23.3 Å². The maximum absolute atomic E-state index is 13.2. The summed E-state index contributed by atoms with van der Waals surface area (Å²) >= 11 is 6.15. The van der Waals surface area contributed by atoms with E-state index in [0.29, 0.717) is 31.0 Å². The minimum atomic E-state index is -3.66. The Bertz CT molecular complexity index is 1180. The zero-order valence-electron chi connectivity index (χ0n) is 16.4. The highest BCUT2D eigenvalue weighted by atomic mass is 35.5. The predicted molar refractivity (Wildman–Crippen MR) is 119 cm³/mol. The fourth-order valence-corrected chi connectivity index (χ4v) is 5.58. The lowest BCUT2D eigenvalue weighted by molar-refractivity contribution is -0.126. The van der Waals surface area contributed by atoms with Crippen molar-refractivity contribution in [1.82, 2.24) is 9.62 Å². The number of fused-ring (bicyclic) bond motifs is 1. The predicted octanol–water partition coefficient (Wildman–Crippen LogP) is 4.21. The average Bonchev–Trinajstić information content (AvgIpc) is 2.78. The standard InChI is InChI=1S/C23H23ClN2O3S/c24-22-10-4-3-8-19(22)15-25-23(27)20-9-5-13-26(16-20)30(28,29)21-12-11-17-6-1-2-7-18(17)14-21/h1-4,6-8,10-12,14,20H,5,9,13,15-16H2,(H,25,27)/t20-/m0/s1. The molecule has 1 fully saturated rings. The van der Waals surface area contributed by atoms with Gasteiger partial charge in [0.25, 0.3) is 0 Å². The van der Waals surface area contributed by atoms with Gasteiger partial charge in [0.2, 0.25) is 15.9 Å². The van der Waals surface area contributed by atoms with Gasteiger partial charge < -0.3 is 5.32 Å². The van der Waals surface area contributed by atoms with Gasteiger partial charge in [-0.3, -0.25) is 4.79 Å². The van der Waals surface area contributed by atoms with E-state index in [1.54, 1.807) is 18.2 Å². The molecule has 0 spiro atoms. The van der Waals surface area contributed by atoms with E-state index in [1.165, 1.54) is 4.31 Å². The zero-order chi connectivity index (χ0) is 21.1. The summed E-state index contributed by atoms with van der Waals surface area (Å²) in [7, 11) is -3.66. The number of hydrogen-bond acceptors (Lipinski definition) is 3. The summed E-state index contributed by atoms with van der Waals surface area (Å²) in [5.41, 5.74) is 0.837. The molecule has 1 aliphatic heterocycles. The van der Waals surface area contributed by atoms with E-state index in [9.17, 15) is 13.2 Å². The minimum Gasteiger partial charge on any atom is -0.352 e. The molecule has 156 valence electrons. The van der Waals surface area contributed by atoms with Gasteiger partial charge in [-0.1, -0.05) is 60.1 Å². The second kappa shape index (κ2) is 8.76. The zero-order valence-corrected chi connectivity index (χ0v) is 18.0. The van der Waals surface area contributed by atoms with Crippen molar-refractivity contribution in [3.05, 3.63) is 77.3 Å². The highest BCUT2D eigenvalue weighted by Crippen LogP contribution is 2.26. The van der Waals surface area contributed by atoms with Gasteiger partial charge in [-0.05, 0) is 47.4 Å². The number of amides is 1. The molecule has 7 heteroatoms. The van der Waals surface area contributed by atoms with Gasteiger partial charge in [-0.2, -0.15) is 4.31 Å². The van der Waals surface area contributed by atoms with Crippen molar-refractivity contribution < 1.29 is 13.2 Å². The Morgan fingerprint density at radius 1 is 1.03 bits per heavy atom. The van der Waals surface area contributed by atoms with Gasteiger partial charge in [-0.25, -0.2) is 8.42 Å². The van der Waals surface area contributed by atoms with Crippen LogP contribution >= 0.6 is 11.6 Å². The maximum Gasteiger partial charge on any atom is 0.243 e. The third-order valence-corrected chi connectivity index (χ3v) is 7.75. The number of hydrogen-bond donors (Lipinski definition) is 1. The Labute approximate surface area is 181 Å². The lowest BCUT2D eigenvalue weighted by Gasteiger charge is -2.31. The number of sulfonamides is 1. The first-order valence-corrected chi connectivity index (χ1v) is 11.8. The molecule has 5 nitrogen and oxygen atoms in total. The Hall–Kier alpha value is -2.41. The molecule has 0 radical (unpaired) electrons. The van der Waals surface area contributed by atoms with Crippen molar-refractivity contribution >= 4 is 38.3 Å². The molecule has 0 saturated carbocycles. The number of carbonyl (C=O) groups excluding carboxylic acids is 1. The van der Waals surface area contributed by atoms with Crippen LogP contribution in [-0.2, 0) is 21.4 Å². The molecule has 1 saturated heterocycles. The topological polar surface area (TPSA) is 66.5 Å². The molecule has 0 aromatic heterocycles. The number of piperidine rings is 1. The molecule has 0 aliphatic carbocycles. The van der Waals surface area contributed by atoms with Crippen LogP contribution in [0.5, 0.6) is 0 Å². The molecule has 30 heavy (non-hydrogen) atoms. The van der Waals surface area contributed by atoms with Gasteiger partial charge >= 0.3 is 0 Å². The number of nitrogens with one attached hydrogen (secondary N) is 1. The molecule has 4 rings (SSSR count). The van der Waals surface area contributed by atoms with E-state index < -0.39 is 10.0 Å². The number of carbonyl (C=O) groups is 1. The van der Waals surface area contributed by atoms with Crippen LogP contribution in [0.15, 0.2) is 71.6 Å². The minimum absolute atomic E-state index is 0.145. The molecule has 0 bridgehead atoms. The second-order valence-electron chi connectivity index (χ2n) is 7.52. The van der Waals surface area contributed by atoms with Crippen molar-refractivity contribution in [1.29, 1.82) is 0 Å². The summed E-state index contributed by atoms with van der Waals surface area (Å²) in [4.78, 5) is 13.0. The number of halogens is 1. The normalized spacial score (nSPS) is 17.7. The quantitative estimate of drug-likeness (QED) is 0.643. The highest BCUT2D eigenvalue weighted by molar-refractivity contribution is 7.89. The summed E-state index contributed by atoms with van der Waals surface area (Å²) < 4.78 is 27.8. The van der Waals surface area contributed by atoms with E-state index in [0.717, 1.165) is 16.3 Å². The van der Waals surface area contributed by atoms with Crippen LogP contribution in [0.25, 0.3) is 10.8 Å². The molecule has 1 atom stereocenters. The number of rotatable bonds is 5. The van der Waals surface area contributed by atoms with Crippen LogP contribution in [0.2, 0.25) is 5.02 Å². The molecule has 1 N–H and O–H groups in total. The van der Waals surface area contributed by atoms with Gasteiger partial charge in [0.15, 0.2) is 0 Å². The van der Waals surface area contributed by atoms with Gasteiger partial charge in [0, 0.05) is 24.7 Å². The molecule has 3 aromatic rings. The molecule has 1 amide bonds. The van der Waals surface area contributed by atoms with Crippen molar-refractivity contribution in [3.8, 4) is 0 Å². The fourth-order valence-electron chi connectivity index (χ4n) is 3.82. The third kappa shape index (κ3) is 4.36. The highest BCUT2D eigenvalue weighted by Gasteiger charge is 2.33.